The molecule has 0 saturated heterocycles. The monoisotopic (exact) mass is 645 g/mol. The Labute approximate surface area is 188 Å². The van der Waals surface area contributed by atoms with Crippen molar-refractivity contribution in [1.82, 2.24) is 9.97 Å². The summed E-state index contributed by atoms with van der Waals surface area (Å²) in [5, 5.41) is 0. The molecule has 0 N–H and O–H groups in total. The molecule has 6 heteroatoms. The van der Waals surface area contributed by atoms with Gasteiger partial charge in [0, 0.05) is 27.3 Å². The molecule has 0 spiro atoms. The van der Waals surface area contributed by atoms with Gasteiger partial charge in [0.25, 0.3) is 0 Å². The fourth-order valence-electron chi connectivity index (χ4n) is 1.14. The van der Waals surface area contributed by atoms with Crippen molar-refractivity contribution in [2.24, 2.45) is 0 Å². The second-order valence-electron chi connectivity index (χ2n) is 4.44. The van der Waals surface area contributed by atoms with Crippen LogP contribution in [0.4, 0.5) is 0 Å². The third-order valence-electron chi connectivity index (χ3n) is 2.44. The molecule has 2 aromatic heterocycles. The molecule has 154 valence electrons. The number of halogens is 1. The van der Waals surface area contributed by atoms with Crippen LogP contribution in [0.3, 0.4) is 0 Å². The van der Waals surface area contributed by atoms with Crippen molar-refractivity contribution in [2.45, 2.75) is 39.5 Å². The van der Waals surface area contributed by atoms with Gasteiger partial charge in [0.2, 0.25) is 0 Å². The molecule has 2 aromatic rings. The summed E-state index contributed by atoms with van der Waals surface area (Å²) < 4.78 is 0. The summed E-state index contributed by atoms with van der Waals surface area (Å²) in [6.07, 6.45) is 6.31. The Morgan fingerprint density at radius 2 is 1.42 bits per heavy atom. The largest absolute Gasteiger partial charge is 0 e. The van der Waals surface area contributed by atoms with Crippen LogP contribution >= 0.6 is 9.69 Å². The van der Waals surface area contributed by atoms with Crippen LogP contribution in [0.1, 0.15) is 45.2 Å². The summed E-state index contributed by atoms with van der Waals surface area (Å²) in [4.78, 5) is 16.2. The maximum atomic E-state index is 7.75. The number of rotatable bonds is 3. The van der Waals surface area contributed by atoms with Gasteiger partial charge in [-0.1, -0.05) is 38.8 Å². The van der Waals surface area contributed by atoms with Crippen molar-refractivity contribution < 1.29 is 43.2 Å². The van der Waals surface area contributed by atoms with Gasteiger partial charge in [0.15, 0.2) is 0 Å². The first-order chi connectivity index (χ1) is 12.2. The van der Waals surface area contributed by atoms with E-state index in [-0.39, 0.29) is 21.1 Å². The van der Waals surface area contributed by atoms with E-state index in [9.17, 15) is 0 Å². The van der Waals surface area contributed by atoms with Crippen molar-refractivity contribution >= 4 is 16.5 Å². The van der Waals surface area contributed by atoms with Crippen molar-refractivity contribution in [1.29, 1.82) is 0 Å². The van der Waals surface area contributed by atoms with Crippen LogP contribution in [0.25, 0.3) is 11.4 Å². The Hall–Kier alpha value is -0.558. The Morgan fingerprint density at radius 1 is 0.962 bits per heavy atom. The van der Waals surface area contributed by atoms with Crippen LogP contribution in [-0.2, 0) is 43.2 Å². The number of nitrogens with zero attached hydrogens (tertiary/aromatic N) is 2. The summed E-state index contributed by atoms with van der Waals surface area (Å²) >= 11 is 1.62. The van der Waals surface area contributed by atoms with Gasteiger partial charge in [0.05, 0.1) is 11.4 Å². The normalized spacial score (nSPS) is 7.65. The molecule has 0 amide bonds. The summed E-state index contributed by atoms with van der Waals surface area (Å²) in [6, 6.07) is 11.5. The minimum Gasteiger partial charge on any atom is 0 e. The molecule has 3 nitrogen and oxygen atoms in total. The summed E-state index contributed by atoms with van der Waals surface area (Å²) in [7, 11) is 4.61. The quantitative estimate of drug-likeness (QED) is 0.244. The van der Waals surface area contributed by atoms with Crippen molar-refractivity contribution in [3.8, 4) is 11.4 Å². The zero-order chi connectivity index (χ0) is 19.9. The first-order valence-corrected chi connectivity index (χ1v) is 10.3. The zero-order valence-electron chi connectivity index (χ0n) is 15.4. The van der Waals surface area contributed by atoms with E-state index >= 15 is 0 Å². The van der Waals surface area contributed by atoms with Gasteiger partial charge in [0.1, 0.15) is 0 Å². The number of hydrogen-bond donors (Lipinski definition) is 0. The average molecular weight is 645 g/mol. The molecule has 0 aliphatic rings. The Balaban J connectivity index is -0.000000158. The van der Waals surface area contributed by atoms with E-state index in [4.69, 9.17) is 4.79 Å². The van der Waals surface area contributed by atoms with E-state index in [0.29, 0.717) is 0 Å². The fraction of sp³-hybridized carbons (Fsp3) is 0.300. The average Bonchev–Trinajstić information content (AvgIpc) is 2.72. The van der Waals surface area contributed by atoms with Crippen LogP contribution in [0.5, 0.6) is 0 Å². The second kappa shape index (κ2) is 29.2. The number of carbonyl (C=O) groups excluding carboxylic acids is 1. The van der Waals surface area contributed by atoms with Gasteiger partial charge in [-0.05, 0) is 12.1 Å². The zero-order valence-corrected chi connectivity index (χ0v) is 20.3. The van der Waals surface area contributed by atoms with Crippen molar-refractivity contribution in [2.75, 3.05) is 0 Å². The SMILES string of the molecule is [CH-]=O.[CH2-]CCC.[CH2-]CCC.[CH2-]c1cccc(-c2ccccn2)n1.[Cl][RuH].[Pt]. The summed E-state index contributed by atoms with van der Waals surface area (Å²) in [5.74, 6) is 0. The minimum atomic E-state index is 0. The van der Waals surface area contributed by atoms with E-state index in [1.165, 1.54) is 12.8 Å². The molecule has 26 heavy (non-hydrogen) atoms. The van der Waals surface area contributed by atoms with E-state index in [0.717, 1.165) is 29.9 Å². The molecule has 0 radical (unpaired) electrons. The van der Waals surface area contributed by atoms with E-state index < -0.39 is 0 Å². The molecule has 0 bridgehead atoms. The van der Waals surface area contributed by atoms with Gasteiger partial charge < -0.3 is 18.6 Å². The summed E-state index contributed by atoms with van der Waals surface area (Å²) in [5.41, 5.74) is 2.52. The fourth-order valence-corrected chi connectivity index (χ4v) is 1.14. The molecule has 2 rings (SSSR count). The van der Waals surface area contributed by atoms with Gasteiger partial charge in [-0.25, -0.2) is 6.92 Å². The van der Waals surface area contributed by atoms with Gasteiger partial charge in [-0.2, -0.15) is 18.9 Å². The minimum absolute atomic E-state index is 0. The smallest absolute Gasteiger partial charge is 0 e. The molecule has 0 saturated carbocycles. The Morgan fingerprint density at radius 3 is 1.77 bits per heavy atom. The summed E-state index contributed by atoms with van der Waals surface area (Å²) in [6.45, 7) is 18.5. The predicted molar refractivity (Wildman–Crippen MR) is 106 cm³/mol. The molecule has 0 aliphatic carbocycles. The maximum absolute atomic E-state index is 7.75. The molecule has 2 heterocycles. The van der Waals surface area contributed by atoms with Crippen LogP contribution in [0.2, 0.25) is 0 Å². The van der Waals surface area contributed by atoms with Crippen molar-refractivity contribution in [3.05, 3.63) is 69.1 Å². The number of hydrogen-bond acceptors (Lipinski definition) is 3. The molecular formula is C20H29ClN2OPtRu-4. The molecule has 0 aliphatic heterocycles. The van der Waals surface area contributed by atoms with Gasteiger partial charge in [-0.15, -0.1) is 11.8 Å². The number of pyridine rings is 2. The molecule has 0 atom stereocenters. The molecular weight excluding hydrogens is 616 g/mol. The van der Waals surface area contributed by atoms with E-state index in [1.54, 1.807) is 23.5 Å². The van der Waals surface area contributed by atoms with Gasteiger partial charge in [-0.3, -0.25) is 16.8 Å². The van der Waals surface area contributed by atoms with E-state index in [2.05, 4.69) is 61.1 Å². The van der Waals surface area contributed by atoms with Crippen LogP contribution in [-0.4, -0.2) is 16.8 Å². The number of unbranched alkanes of at least 4 members (excludes halogenated alkanes) is 2. The van der Waals surface area contributed by atoms with Crippen molar-refractivity contribution in [3.63, 3.8) is 0 Å². The maximum Gasteiger partial charge on any atom is 0 e. The third-order valence-corrected chi connectivity index (χ3v) is 2.44. The second-order valence-corrected chi connectivity index (χ2v) is 4.44. The molecule has 0 aromatic carbocycles. The Bertz CT molecular complexity index is 482. The third kappa shape index (κ3) is 21.5. The standard InChI is InChI=1S/C11H9N2.2C4H9.CHO.ClH.Pt.Ru.H/c1-9-5-4-7-11(13-9)10-6-2-3-8-12-10;2*1-3-4-2;1-2;;;;/h2-8H,1H2;2*1,3-4H2,2H3;1H;1H;;;/q4*-1;;;+1;/p-1. The van der Waals surface area contributed by atoms with Gasteiger partial charge >= 0.3 is 27.0 Å². The first-order valence-electron chi connectivity index (χ1n) is 7.86. The topological polar surface area (TPSA) is 42.9 Å². The van der Waals surface area contributed by atoms with Crippen LogP contribution in [0, 0.1) is 20.8 Å². The van der Waals surface area contributed by atoms with Crippen LogP contribution < -0.4 is 0 Å². The number of aromatic nitrogens is 2. The first kappa shape index (κ1) is 33.1. The molecule has 0 unspecified atom stereocenters. The van der Waals surface area contributed by atoms with E-state index in [1.807, 2.05) is 36.4 Å². The molecule has 0 fully saturated rings. The predicted octanol–water partition coefficient (Wildman–Crippen LogP) is 5.71. The van der Waals surface area contributed by atoms with Crippen LogP contribution in [0.15, 0.2) is 42.6 Å². The Kier molecular flexibility index (Phi) is 37.1.